The molecule has 0 spiro atoms. The van der Waals surface area contributed by atoms with Crippen LogP contribution in [0.1, 0.15) is 16.1 Å². The first-order valence-corrected chi connectivity index (χ1v) is 7.10. The number of carbonyl (C=O) groups excluding carboxylic acids is 2. The van der Waals surface area contributed by atoms with Crippen LogP contribution in [0.25, 0.3) is 0 Å². The second kappa shape index (κ2) is 5.48. The summed E-state index contributed by atoms with van der Waals surface area (Å²) >= 11 is 0. The molecular formula is C14H19N3O4. The number of ether oxygens (including phenoxy) is 1. The number of fused-ring (bicyclic) bond motifs is 1. The Labute approximate surface area is 122 Å². The maximum Gasteiger partial charge on any atom is 0.259 e. The van der Waals surface area contributed by atoms with E-state index in [1.807, 2.05) is 4.90 Å². The van der Waals surface area contributed by atoms with Crippen LogP contribution >= 0.6 is 0 Å². The van der Waals surface area contributed by atoms with Crippen molar-refractivity contribution in [3.8, 4) is 0 Å². The van der Waals surface area contributed by atoms with E-state index in [9.17, 15) is 9.59 Å². The topological polar surface area (TPSA) is 75.9 Å². The third-order valence-corrected chi connectivity index (χ3v) is 4.36. The van der Waals surface area contributed by atoms with E-state index in [0.29, 0.717) is 44.1 Å². The van der Waals surface area contributed by atoms with Crippen LogP contribution in [0.2, 0.25) is 0 Å². The summed E-state index contributed by atoms with van der Waals surface area (Å²) in [6, 6.07) is 0. The van der Waals surface area contributed by atoms with Crippen LogP contribution < -0.4 is 0 Å². The molecule has 7 heteroatoms. The summed E-state index contributed by atoms with van der Waals surface area (Å²) in [4.78, 5) is 28.3. The fourth-order valence-electron chi connectivity index (χ4n) is 3.19. The van der Waals surface area contributed by atoms with Crippen LogP contribution in [0.3, 0.4) is 0 Å². The van der Waals surface area contributed by atoms with E-state index in [1.54, 1.807) is 18.9 Å². The average Bonchev–Trinajstić information content (AvgIpc) is 3.13. The molecule has 0 N–H and O–H groups in total. The van der Waals surface area contributed by atoms with Crippen molar-refractivity contribution in [2.24, 2.45) is 11.8 Å². The Morgan fingerprint density at radius 1 is 1.48 bits per heavy atom. The van der Waals surface area contributed by atoms with Crippen LogP contribution in [-0.4, -0.2) is 66.7 Å². The van der Waals surface area contributed by atoms with Gasteiger partial charge in [-0.3, -0.25) is 9.59 Å². The molecule has 0 aromatic carbocycles. The molecule has 3 rings (SSSR count). The monoisotopic (exact) mass is 293 g/mol. The van der Waals surface area contributed by atoms with Gasteiger partial charge in [-0.15, -0.1) is 0 Å². The van der Waals surface area contributed by atoms with E-state index in [1.165, 1.54) is 6.20 Å². The van der Waals surface area contributed by atoms with Crippen molar-refractivity contribution < 1.29 is 18.8 Å². The highest BCUT2D eigenvalue weighted by Gasteiger charge is 2.47. The number of hydrogen-bond acceptors (Lipinski definition) is 5. The SMILES string of the molecule is COCCN1C[C@H]2CN(C(=O)c3cnoc3C)C[C@H]2C1=O. The van der Waals surface area contributed by atoms with Gasteiger partial charge < -0.3 is 19.1 Å². The van der Waals surface area contributed by atoms with Gasteiger partial charge in [0, 0.05) is 39.2 Å². The lowest BCUT2D eigenvalue weighted by atomic mass is 10.0. The Kier molecular flexibility index (Phi) is 3.67. The summed E-state index contributed by atoms with van der Waals surface area (Å²) in [5, 5.41) is 3.64. The second-order valence-electron chi connectivity index (χ2n) is 5.65. The summed E-state index contributed by atoms with van der Waals surface area (Å²) in [7, 11) is 1.63. The first-order valence-electron chi connectivity index (χ1n) is 7.10. The van der Waals surface area contributed by atoms with Gasteiger partial charge in [-0.05, 0) is 6.92 Å². The average molecular weight is 293 g/mol. The highest BCUT2D eigenvalue weighted by atomic mass is 16.5. The fourth-order valence-corrected chi connectivity index (χ4v) is 3.19. The van der Waals surface area contributed by atoms with E-state index in [0.717, 1.165) is 0 Å². The number of likely N-dealkylation sites (tertiary alicyclic amines) is 2. The van der Waals surface area contributed by atoms with Gasteiger partial charge in [-0.2, -0.15) is 0 Å². The van der Waals surface area contributed by atoms with Gasteiger partial charge in [0.25, 0.3) is 5.91 Å². The molecule has 1 aromatic rings. The normalized spacial score (nSPS) is 24.8. The van der Waals surface area contributed by atoms with Gasteiger partial charge in [-0.25, -0.2) is 0 Å². The van der Waals surface area contributed by atoms with E-state index >= 15 is 0 Å². The van der Waals surface area contributed by atoms with E-state index in [2.05, 4.69) is 5.16 Å². The number of nitrogens with zero attached hydrogens (tertiary/aromatic N) is 3. The third kappa shape index (κ3) is 2.42. The zero-order valence-electron chi connectivity index (χ0n) is 12.2. The number of aryl methyl sites for hydroxylation is 1. The minimum atomic E-state index is -0.0978. The molecule has 2 fully saturated rings. The minimum Gasteiger partial charge on any atom is -0.383 e. The Bertz CT molecular complexity index is 556. The Hall–Kier alpha value is -1.89. The molecule has 21 heavy (non-hydrogen) atoms. The number of hydrogen-bond donors (Lipinski definition) is 0. The molecule has 0 aliphatic carbocycles. The highest BCUT2D eigenvalue weighted by molar-refractivity contribution is 5.95. The minimum absolute atomic E-state index is 0.0778. The molecule has 0 saturated carbocycles. The van der Waals surface area contributed by atoms with Gasteiger partial charge >= 0.3 is 0 Å². The highest BCUT2D eigenvalue weighted by Crippen LogP contribution is 2.33. The molecule has 114 valence electrons. The summed E-state index contributed by atoms with van der Waals surface area (Å²) in [6.07, 6.45) is 1.44. The largest absolute Gasteiger partial charge is 0.383 e. The molecule has 1 aromatic heterocycles. The Morgan fingerprint density at radius 3 is 2.90 bits per heavy atom. The van der Waals surface area contributed by atoms with Gasteiger partial charge in [0.05, 0.1) is 18.7 Å². The van der Waals surface area contributed by atoms with Crippen molar-refractivity contribution in [3.63, 3.8) is 0 Å². The summed E-state index contributed by atoms with van der Waals surface area (Å²) in [6.45, 7) is 4.70. The lowest BCUT2D eigenvalue weighted by molar-refractivity contribution is -0.131. The quantitative estimate of drug-likeness (QED) is 0.790. The molecule has 2 aliphatic heterocycles. The third-order valence-electron chi connectivity index (χ3n) is 4.36. The molecule has 3 heterocycles. The summed E-state index contributed by atoms with van der Waals surface area (Å²) in [5.74, 6) is 0.698. The molecule has 0 unspecified atom stereocenters. The predicted molar refractivity (Wildman–Crippen MR) is 72.6 cm³/mol. The van der Waals surface area contributed by atoms with Crippen molar-refractivity contribution in [2.45, 2.75) is 6.92 Å². The number of rotatable bonds is 4. The van der Waals surface area contributed by atoms with Gasteiger partial charge in [0.1, 0.15) is 11.3 Å². The number of methoxy groups -OCH3 is 1. The van der Waals surface area contributed by atoms with Gasteiger partial charge in [0.15, 0.2) is 0 Å². The molecule has 2 amide bonds. The number of aromatic nitrogens is 1. The fraction of sp³-hybridized carbons (Fsp3) is 0.643. The molecule has 2 atom stereocenters. The zero-order chi connectivity index (χ0) is 15.0. The standard InChI is InChI=1S/C14H19N3O4/c1-9-11(5-15-21-9)13(18)17-7-10-6-16(3-4-20-2)14(19)12(10)8-17/h5,10,12H,3-4,6-8H2,1-2H3/t10-,12+/m0/s1. The lowest BCUT2D eigenvalue weighted by Gasteiger charge is -2.21. The van der Waals surface area contributed by atoms with Crippen LogP contribution in [-0.2, 0) is 9.53 Å². The van der Waals surface area contributed by atoms with Crippen molar-refractivity contribution in [2.75, 3.05) is 39.9 Å². The van der Waals surface area contributed by atoms with Crippen LogP contribution in [0.5, 0.6) is 0 Å². The van der Waals surface area contributed by atoms with E-state index in [-0.39, 0.29) is 23.7 Å². The van der Waals surface area contributed by atoms with Crippen LogP contribution in [0.15, 0.2) is 10.7 Å². The number of carbonyl (C=O) groups is 2. The van der Waals surface area contributed by atoms with Crippen molar-refractivity contribution in [1.82, 2.24) is 15.0 Å². The summed E-state index contributed by atoms with van der Waals surface area (Å²) in [5.41, 5.74) is 0.485. The summed E-state index contributed by atoms with van der Waals surface area (Å²) < 4.78 is 9.96. The maximum atomic E-state index is 12.4. The molecule has 0 radical (unpaired) electrons. The zero-order valence-corrected chi connectivity index (χ0v) is 12.2. The van der Waals surface area contributed by atoms with E-state index in [4.69, 9.17) is 9.26 Å². The molecular weight excluding hydrogens is 274 g/mol. The predicted octanol–water partition coefficient (Wildman–Crippen LogP) is 0.160. The van der Waals surface area contributed by atoms with Gasteiger partial charge in [-0.1, -0.05) is 5.16 Å². The van der Waals surface area contributed by atoms with Crippen LogP contribution in [0, 0.1) is 18.8 Å². The molecule has 2 aliphatic rings. The van der Waals surface area contributed by atoms with Gasteiger partial charge in [0.2, 0.25) is 5.91 Å². The van der Waals surface area contributed by atoms with Crippen molar-refractivity contribution >= 4 is 11.8 Å². The molecule has 0 bridgehead atoms. The smallest absolute Gasteiger partial charge is 0.259 e. The van der Waals surface area contributed by atoms with Crippen LogP contribution in [0.4, 0.5) is 0 Å². The van der Waals surface area contributed by atoms with Crippen molar-refractivity contribution in [3.05, 3.63) is 17.5 Å². The Morgan fingerprint density at radius 2 is 2.29 bits per heavy atom. The first kappa shape index (κ1) is 14.1. The Balaban J connectivity index is 1.65. The lowest BCUT2D eigenvalue weighted by Crippen LogP contribution is -2.37. The second-order valence-corrected chi connectivity index (χ2v) is 5.65. The first-order chi connectivity index (χ1) is 10.1. The molecule has 7 nitrogen and oxygen atoms in total. The number of amides is 2. The maximum absolute atomic E-state index is 12.4. The van der Waals surface area contributed by atoms with E-state index < -0.39 is 0 Å². The van der Waals surface area contributed by atoms with Crippen molar-refractivity contribution in [1.29, 1.82) is 0 Å². The molecule has 2 saturated heterocycles.